The molecule has 0 bridgehead atoms. The van der Waals surface area contributed by atoms with Gasteiger partial charge in [-0.15, -0.1) is 13.2 Å². The van der Waals surface area contributed by atoms with E-state index in [0.29, 0.717) is 24.1 Å². The van der Waals surface area contributed by atoms with E-state index in [0.717, 1.165) is 12.1 Å². The highest BCUT2D eigenvalue weighted by atomic mass is 32.2. The summed E-state index contributed by atoms with van der Waals surface area (Å²) in [6, 6.07) is 8.66. The number of sulfonamides is 1. The molecule has 2 aromatic carbocycles. The molecule has 2 aromatic rings. The number of nitrogens with one attached hydrogen (secondary N) is 2. The maximum Gasteiger partial charge on any atom is 0.573 e. The minimum Gasteiger partial charge on any atom is -0.406 e. The third-order valence-corrected chi connectivity index (χ3v) is 5.84. The van der Waals surface area contributed by atoms with Crippen molar-refractivity contribution in [2.24, 2.45) is 5.92 Å². The summed E-state index contributed by atoms with van der Waals surface area (Å²) in [6.45, 7) is 5.21. The molecule has 0 saturated carbocycles. The van der Waals surface area contributed by atoms with Crippen LogP contribution >= 0.6 is 0 Å². The van der Waals surface area contributed by atoms with E-state index in [1.807, 2.05) is 6.92 Å². The van der Waals surface area contributed by atoms with Gasteiger partial charge in [0.15, 0.2) is 0 Å². The van der Waals surface area contributed by atoms with Crippen molar-refractivity contribution < 1.29 is 36.2 Å². The largest absolute Gasteiger partial charge is 0.573 e. The molecule has 0 saturated heterocycles. The molecule has 0 spiro atoms. The number of carbonyl (C=O) groups excluding carboxylic acids is 1. The molecule has 32 heavy (non-hydrogen) atoms. The fourth-order valence-corrected chi connectivity index (χ4v) is 4.17. The van der Waals surface area contributed by atoms with Gasteiger partial charge in [-0.3, -0.25) is 9.52 Å². The van der Waals surface area contributed by atoms with Crippen molar-refractivity contribution in [3.63, 3.8) is 0 Å². The minimum absolute atomic E-state index is 0.0797. The van der Waals surface area contributed by atoms with Crippen molar-refractivity contribution in [3.05, 3.63) is 48.0 Å². The van der Waals surface area contributed by atoms with Crippen LogP contribution in [0.5, 0.6) is 5.75 Å². The van der Waals surface area contributed by atoms with Crippen molar-refractivity contribution >= 4 is 27.3 Å². The fraction of sp³-hybridized carbons (Fsp3) is 0.381. The number of hydrogen-bond acceptors (Lipinski definition) is 5. The third kappa shape index (κ3) is 7.13. The van der Waals surface area contributed by atoms with Crippen LogP contribution in [0.4, 0.5) is 24.5 Å². The molecule has 0 aliphatic rings. The van der Waals surface area contributed by atoms with E-state index in [-0.39, 0.29) is 16.5 Å². The molecule has 3 N–H and O–H groups in total. The monoisotopic (exact) mass is 474 g/mol. The molecule has 7 nitrogen and oxygen atoms in total. The molecule has 0 aromatic heterocycles. The zero-order valence-corrected chi connectivity index (χ0v) is 18.5. The highest BCUT2D eigenvalue weighted by molar-refractivity contribution is 7.92. The number of halogens is 3. The zero-order chi connectivity index (χ0) is 24.1. The lowest BCUT2D eigenvalue weighted by molar-refractivity contribution is -0.274. The number of benzene rings is 2. The van der Waals surface area contributed by atoms with Crippen LogP contribution in [-0.2, 0) is 21.2 Å². The molecule has 1 atom stereocenters. The van der Waals surface area contributed by atoms with Crippen molar-refractivity contribution in [1.29, 1.82) is 0 Å². The van der Waals surface area contributed by atoms with Crippen LogP contribution < -0.4 is 14.8 Å². The molecule has 0 radical (unpaired) electrons. The van der Waals surface area contributed by atoms with E-state index in [1.165, 1.54) is 30.3 Å². The quantitative estimate of drug-likeness (QED) is 0.503. The van der Waals surface area contributed by atoms with E-state index in [4.69, 9.17) is 0 Å². The maximum atomic E-state index is 12.9. The van der Waals surface area contributed by atoms with Gasteiger partial charge in [0.25, 0.3) is 15.9 Å². The summed E-state index contributed by atoms with van der Waals surface area (Å²) in [5, 5.41) is 12.4. The average molecular weight is 475 g/mol. The van der Waals surface area contributed by atoms with E-state index in [9.17, 15) is 31.5 Å². The second-order valence-electron chi connectivity index (χ2n) is 7.43. The number of carbonyl (C=O) groups is 1. The van der Waals surface area contributed by atoms with E-state index < -0.39 is 34.1 Å². The number of ether oxygens (including phenoxy) is 1. The summed E-state index contributed by atoms with van der Waals surface area (Å²) in [5.41, 5.74) is 0.615. The van der Waals surface area contributed by atoms with Gasteiger partial charge in [-0.1, -0.05) is 33.3 Å². The predicted molar refractivity (Wildman–Crippen MR) is 114 cm³/mol. The first-order valence-electron chi connectivity index (χ1n) is 9.83. The Balaban J connectivity index is 2.31. The van der Waals surface area contributed by atoms with E-state index in [1.54, 1.807) is 13.8 Å². The third-order valence-electron chi connectivity index (χ3n) is 4.36. The lowest BCUT2D eigenvalue weighted by Gasteiger charge is -2.17. The summed E-state index contributed by atoms with van der Waals surface area (Å²) in [6.07, 6.45) is -5.16. The smallest absolute Gasteiger partial charge is 0.406 e. The number of rotatable bonds is 9. The lowest BCUT2D eigenvalue weighted by atomic mass is 10.1. The number of aliphatic hydroxyl groups excluding tert-OH is 1. The van der Waals surface area contributed by atoms with Gasteiger partial charge in [0.1, 0.15) is 11.9 Å². The minimum atomic E-state index is -4.91. The standard InChI is InChI=1S/C21H25F3N2O5S/c1-4-6-14-11-15(25-20(28)19(27)13(2)3)9-10-18(14)32(29,30)26-16-7-5-8-17(12-16)31-21(22,23)24/h5,7-13,19,26-27H,4,6H2,1-3H3,(H,25,28)/t19-/m0/s1. The Bertz CT molecular complexity index is 1060. The number of aliphatic hydroxyl groups is 1. The van der Waals surface area contributed by atoms with E-state index >= 15 is 0 Å². The van der Waals surface area contributed by atoms with Gasteiger partial charge in [-0.25, -0.2) is 8.42 Å². The summed E-state index contributed by atoms with van der Waals surface area (Å²) < 4.78 is 69.2. The number of amides is 1. The Kier molecular flexibility index (Phi) is 8.13. The lowest BCUT2D eigenvalue weighted by Crippen LogP contribution is -2.32. The van der Waals surface area contributed by atoms with Gasteiger partial charge in [-0.2, -0.15) is 0 Å². The molecule has 0 aliphatic carbocycles. The molecular weight excluding hydrogens is 449 g/mol. The molecular formula is C21H25F3N2O5S. The van der Waals surface area contributed by atoms with Crippen LogP contribution in [0.3, 0.4) is 0 Å². The Hall–Kier alpha value is -2.79. The van der Waals surface area contributed by atoms with Crippen LogP contribution in [0.2, 0.25) is 0 Å². The molecule has 0 heterocycles. The molecule has 0 unspecified atom stereocenters. The average Bonchev–Trinajstić information content (AvgIpc) is 2.66. The predicted octanol–water partition coefficient (Wildman–Crippen LogP) is 4.29. The van der Waals surface area contributed by atoms with Crippen LogP contribution in [-0.4, -0.2) is 31.9 Å². The fourth-order valence-electron chi connectivity index (χ4n) is 2.87. The first kappa shape index (κ1) is 25.5. The Morgan fingerprint density at radius 1 is 1.12 bits per heavy atom. The van der Waals surface area contributed by atoms with Crippen molar-refractivity contribution in [2.75, 3.05) is 10.0 Å². The zero-order valence-electron chi connectivity index (χ0n) is 17.7. The molecule has 2 rings (SSSR count). The molecule has 176 valence electrons. The van der Waals surface area contributed by atoms with Crippen molar-refractivity contribution in [2.45, 2.75) is 51.0 Å². The topological polar surface area (TPSA) is 105 Å². The number of alkyl halides is 3. The number of anilines is 2. The van der Waals surface area contributed by atoms with Crippen LogP contribution in [0.25, 0.3) is 0 Å². The molecule has 11 heteroatoms. The van der Waals surface area contributed by atoms with Crippen LogP contribution in [0.15, 0.2) is 47.4 Å². The number of hydrogen-bond donors (Lipinski definition) is 3. The highest BCUT2D eigenvalue weighted by Gasteiger charge is 2.31. The first-order valence-corrected chi connectivity index (χ1v) is 11.3. The van der Waals surface area contributed by atoms with E-state index in [2.05, 4.69) is 14.8 Å². The number of aryl methyl sites for hydroxylation is 1. The Labute approximate surface area is 184 Å². The van der Waals surface area contributed by atoms with Crippen LogP contribution in [0, 0.1) is 5.92 Å². The Morgan fingerprint density at radius 2 is 1.81 bits per heavy atom. The summed E-state index contributed by atoms with van der Waals surface area (Å²) >= 11 is 0. The van der Waals surface area contributed by atoms with Gasteiger partial charge in [0, 0.05) is 11.8 Å². The first-order chi connectivity index (χ1) is 14.8. The summed E-state index contributed by atoms with van der Waals surface area (Å²) in [5.74, 6) is -1.48. The van der Waals surface area contributed by atoms with Gasteiger partial charge >= 0.3 is 6.36 Å². The van der Waals surface area contributed by atoms with Gasteiger partial charge in [0.05, 0.1) is 10.6 Å². The normalized spacial score (nSPS) is 13.0. The van der Waals surface area contributed by atoms with Crippen LogP contribution in [0.1, 0.15) is 32.8 Å². The van der Waals surface area contributed by atoms with Gasteiger partial charge in [-0.05, 0) is 48.2 Å². The molecule has 0 fully saturated rings. The molecule has 0 aliphatic heterocycles. The maximum absolute atomic E-state index is 12.9. The Morgan fingerprint density at radius 3 is 2.41 bits per heavy atom. The highest BCUT2D eigenvalue weighted by Crippen LogP contribution is 2.28. The second-order valence-corrected chi connectivity index (χ2v) is 9.08. The summed E-state index contributed by atoms with van der Waals surface area (Å²) in [4.78, 5) is 12.0. The SMILES string of the molecule is CCCc1cc(NC(=O)[C@@H](O)C(C)C)ccc1S(=O)(=O)Nc1cccc(OC(F)(F)F)c1. The summed E-state index contributed by atoms with van der Waals surface area (Å²) in [7, 11) is -4.15. The van der Waals surface area contributed by atoms with Gasteiger partial charge < -0.3 is 15.2 Å². The van der Waals surface area contributed by atoms with Crippen molar-refractivity contribution in [1.82, 2.24) is 0 Å². The molecule has 1 amide bonds. The second kappa shape index (κ2) is 10.2. The van der Waals surface area contributed by atoms with Crippen molar-refractivity contribution in [3.8, 4) is 5.75 Å². The van der Waals surface area contributed by atoms with Gasteiger partial charge in [0.2, 0.25) is 0 Å².